The van der Waals surface area contributed by atoms with Gasteiger partial charge in [-0.05, 0) is 37.2 Å². The monoisotopic (exact) mass is 302 g/mol. The van der Waals surface area contributed by atoms with Crippen LogP contribution >= 0.6 is 11.6 Å². The Morgan fingerprint density at radius 1 is 1.47 bits per heavy atom. The van der Waals surface area contributed by atoms with Gasteiger partial charge in [0.05, 0.1) is 4.90 Å². The van der Waals surface area contributed by atoms with Crippen LogP contribution in [0.1, 0.15) is 11.1 Å². The van der Waals surface area contributed by atoms with E-state index in [9.17, 15) is 8.42 Å². The molecule has 4 nitrogen and oxygen atoms in total. The van der Waals surface area contributed by atoms with Crippen molar-refractivity contribution in [3.05, 3.63) is 40.9 Å². The molecule has 0 atom stereocenters. The molecule has 0 unspecified atom stereocenters. The zero-order chi connectivity index (χ0) is 14.6. The molecule has 0 saturated carbocycles. The van der Waals surface area contributed by atoms with E-state index < -0.39 is 10.0 Å². The first kappa shape index (κ1) is 16.2. The zero-order valence-electron chi connectivity index (χ0n) is 11.4. The molecule has 0 radical (unpaired) electrons. The van der Waals surface area contributed by atoms with Crippen molar-refractivity contribution in [3.63, 3.8) is 0 Å². The first-order valence-corrected chi connectivity index (χ1v) is 7.67. The number of hydrogen-bond donors (Lipinski definition) is 1. The van der Waals surface area contributed by atoms with Gasteiger partial charge in [0.2, 0.25) is 10.0 Å². The summed E-state index contributed by atoms with van der Waals surface area (Å²) in [5.74, 6) is 0. The van der Waals surface area contributed by atoms with Gasteiger partial charge in [0, 0.05) is 25.2 Å². The van der Waals surface area contributed by atoms with Gasteiger partial charge in [0.15, 0.2) is 0 Å². The number of rotatable bonds is 6. The van der Waals surface area contributed by atoms with Gasteiger partial charge in [0.25, 0.3) is 0 Å². The van der Waals surface area contributed by atoms with Gasteiger partial charge in [-0.1, -0.05) is 17.7 Å². The Labute approximate surface area is 120 Å². The lowest BCUT2D eigenvalue weighted by Gasteiger charge is -2.19. The fourth-order valence-electron chi connectivity index (χ4n) is 1.80. The fraction of sp³-hybridized carbons (Fsp3) is 0.385. The number of likely N-dealkylation sites (N-methyl/N-ethyl adjacent to an activating group) is 1. The third kappa shape index (κ3) is 3.57. The van der Waals surface area contributed by atoms with E-state index in [0.29, 0.717) is 11.6 Å². The molecule has 1 aromatic rings. The van der Waals surface area contributed by atoms with Crippen LogP contribution in [0, 0.1) is 6.92 Å². The number of halogens is 1. The number of nitrogens with zero attached hydrogens (tertiary/aromatic N) is 1. The highest BCUT2D eigenvalue weighted by Crippen LogP contribution is 2.26. The van der Waals surface area contributed by atoms with E-state index in [2.05, 4.69) is 11.9 Å². The molecule has 0 aromatic heterocycles. The molecule has 0 aliphatic heterocycles. The Kier molecular flexibility index (Phi) is 5.55. The number of benzene rings is 1. The normalized spacial score (nSPS) is 11.8. The van der Waals surface area contributed by atoms with Gasteiger partial charge in [-0.25, -0.2) is 8.42 Å². The summed E-state index contributed by atoms with van der Waals surface area (Å²) in [6.07, 6.45) is 1.55. The first-order chi connectivity index (χ1) is 8.84. The standard InChI is InChI=1S/C13H19ClN2O2S/c1-5-6-16(4)19(17,18)13-8-12(14)7-11(9-15-3)10(13)2/h5,7-8,15H,1,6,9H2,2-4H3. The molecule has 19 heavy (non-hydrogen) atoms. The maximum Gasteiger partial charge on any atom is 0.243 e. The minimum Gasteiger partial charge on any atom is -0.316 e. The molecular formula is C13H19ClN2O2S. The second-order valence-corrected chi connectivity index (χ2v) is 6.74. The molecule has 106 valence electrons. The van der Waals surface area contributed by atoms with Crippen LogP contribution in [0.5, 0.6) is 0 Å². The van der Waals surface area contributed by atoms with E-state index in [1.165, 1.54) is 17.4 Å². The molecule has 0 spiro atoms. The van der Waals surface area contributed by atoms with Crippen molar-refractivity contribution in [2.75, 3.05) is 20.6 Å². The Morgan fingerprint density at radius 3 is 2.63 bits per heavy atom. The van der Waals surface area contributed by atoms with Crippen LogP contribution in [0.4, 0.5) is 0 Å². The summed E-state index contributed by atoms with van der Waals surface area (Å²) in [5.41, 5.74) is 1.59. The smallest absolute Gasteiger partial charge is 0.243 e. The fourth-order valence-corrected chi connectivity index (χ4v) is 3.53. The predicted octanol–water partition coefficient (Wildman–Crippen LogP) is 2.17. The molecule has 1 N–H and O–H groups in total. The number of nitrogens with one attached hydrogen (secondary N) is 1. The lowest BCUT2D eigenvalue weighted by molar-refractivity contribution is 0.498. The highest BCUT2D eigenvalue weighted by atomic mass is 35.5. The number of hydrogen-bond acceptors (Lipinski definition) is 3. The minimum absolute atomic E-state index is 0.245. The Balaban J connectivity index is 3.38. The van der Waals surface area contributed by atoms with Gasteiger partial charge >= 0.3 is 0 Å². The van der Waals surface area contributed by atoms with Crippen LogP contribution in [0.15, 0.2) is 29.7 Å². The average molecular weight is 303 g/mol. The maximum absolute atomic E-state index is 12.5. The summed E-state index contributed by atoms with van der Waals surface area (Å²) in [6.45, 7) is 6.17. The molecule has 0 amide bonds. The molecular weight excluding hydrogens is 284 g/mol. The van der Waals surface area contributed by atoms with E-state index in [0.717, 1.165) is 11.1 Å². The predicted molar refractivity (Wildman–Crippen MR) is 79.0 cm³/mol. The Morgan fingerprint density at radius 2 is 2.11 bits per heavy atom. The van der Waals surface area contributed by atoms with Crippen molar-refractivity contribution in [2.24, 2.45) is 0 Å². The Bertz CT molecular complexity index is 570. The molecule has 0 fully saturated rings. The maximum atomic E-state index is 12.5. The van der Waals surface area contributed by atoms with Gasteiger partial charge in [0.1, 0.15) is 0 Å². The SMILES string of the molecule is C=CCN(C)S(=O)(=O)c1cc(Cl)cc(CNC)c1C. The third-order valence-electron chi connectivity index (χ3n) is 2.87. The molecule has 0 heterocycles. The first-order valence-electron chi connectivity index (χ1n) is 5.85. The van der Waals surface area contributed by atoms with E-state index in [4.69, 9.17) is 11.6 Å². The molecule has 1 aromatic carbocycles. The van der Waals surface area contributed by atoms with Gasteiger partial charge in [-0.2, -0.15) is 4.31 Å². The summed E-state index contributed by atoms with van der Waals surface area (Å²) in [7, 11) is -0.218. The molecule has 1 rings (SSSR count). The second-order valence-electron chi connectivity index (χ2n) is 4.29. The Hall–Kier alpha value is -0.880. The van der Waals surface area contributed by atoms with Crippen molar-refractivity contribution >= 4 is 21.6 Å². The van der Waals surface area contributed by atoms with E-state index >= 15 is 0 Å². The van der Waals surface area contributed by atoms with Crippen LogP contribution < -0.4 is 5.32 Å². The lowest BCUT2D eigenvalue weighted by atomic mass is 10.1. The van der Waals surface area contributed by atoms with Crippen LogP contribution in [0.25, 0.3) is 0 Å². The lowest BCUT2D eigenvalue weighted by Crippen LogP contribution is -2.28. The average Bonchev–Trinajstić information content (AvgIpc) is 2.33. The molecule has 0 bridgehead atoms. The van der Waals surface area contributed by atoms with Crippen LogP contribution in [0.3, 0.4) is 0 Å². The summed E-state index contributed by atoms with van der Waals surface area (Å²) >= 11 is 6.01. The summed E-state index contributed by atoms with van der Waals surface area (Å²) in [5, 5.41) is 3.42. The minimum atomic E-state index is -3.55. The van der Waals surface area contributed by atoms with Crippen molar-refractivity contribution in [2.45, 2.75) is 18.4 Å². The van der Waals surface area contributed by atoms with Crippen LogP contribution in [0.2, 0.25) is 5.02 Å². The molecule has 0 aliphatic carbocycles. The molecule has 0 aliphatic rings. The zero-order valence-corrected chi connectivity index (χ0v) is 13.0. The van der Waals surface area contributed by atoms with Crippen molar-refractivity contribution in [1.29, 1.82) is 0 Å². The van der Waals surface area contributed by atoms with Crippen LogP contribution in [-0.4, -0.2) is 33.4 Å². The summed E-state index contributed by atoms with van der Waals surface area (Å²) in [6, 6.07) is 3.27. The van der Waals surface area contributed by atoms with E-state index in [1.54, 1.807) is 26.1 Å². The van der Waals surface area contributed by atoms with Crippen LogP contribution in [-0.2, 0) is 16.6 Å². The van der Waals surface area contributed by atoms with E-state index in [-0.39, 0.29) is 11.4 Å². The summed E-state index contributed by atoms with van der Waals surface area (Å²) < 4.78 is 26.2. The van der Waals surface area contributed by atoms with E-state index in [1.807, 2.05) is 0 Å². The van der Waals surface area contributed by atoms with Gasteiger partial charge < -0.3 is 5.32 Å². The molecule has 6 heteroatoms. The topological polar surface area (TPSA) is 49.4 Å². The summed E-state index contributed by atoms with van der Waals surface area (Å²) in [4.78, 5) is 0.245. The highest BCUT2D eigenvalue weighted by Gasteiger charge is 2.23. The van der Waals surface area contributed by atoms with Crippen molar-refractivity contribution < 1.29 is 8.42 Å². The number of sulfonamides is 1. The largest absolute Gasteiger partial charge is 0.316 e. The third-order valence-corrected chi connectivity index (χ3v) is 5.04. The van der Waals surface area contributed by atoms with Crippen molar-refractivity contribution in [1.82, 2.24) is 9.62 Å². The van der Waals surface area contributed by atoms with Gasteiger partial charge in [-0.15, -0.1) is 6.58 Å². The van der Waals surface area contributed by atoms with Crippen molar-refractivity contribution in [3.8, 4) is 0 Å². The van der Waals surface area contributed by atoms with Gasteiger partial charge in [-0.3, -0.25) is 0 Å². The second kappa shape index (κ2) is 6.52. The quantitative estimate of drug-likeness (QED) is 0.819. The molecule has 0 saturated heterocycles. The highest BCUT2D eigenvalue weighted by molar-refractivity contribution is 7.89.